The minimum absolute atomic E-state index is 0.206. The van der Waals surface area contributed by atoms with E-state index in [4.69, 9.17) is 0 Å². The number of hydrogen-bond donors (Lipinski definition) is 1. The molecule has 0 bridgehead atoms. The van der Waals surface area contributed by atoms with Gasteiger partial charge in [0.15, 0.2) is 0 Å². The fraction of sp³-hybridized carbons (Fsp3) is 0.429. The van der Waals surface area contributed by atoms with E-state index in [1.54, 1.807) is 6.92 Å². The number of aromatic amines is 1. The van der Waals surface area contributed by atoms with Crippen LogP contribution in [0, 0.1) is 6.92 Å². The average Bonchev–Trinajstić information content (AvgIpc) is 2.64. The van der Waals surface area contributed by atoms with Gasteiger partial charge in [0, 0.05) is 6.54 Å². The lowest BCUT2D eigenvalue weighted by molar-refractivity contribution is -0.117. The van der Waals surface area contributed by atoms with Crippen molar-refractivity contribution in [2.45, 2.75) is 20.3 Å². The number of rotatable bonds is 5. The number of aromatic nitrogens is 2. The number of nitrogens with zero attached hydrogens (tertiary/aromatic N) is 2. The zero-order chi connectivity index (χ0) is 13.1. The normalized spacial score (nSPS) is 11.3. The Hall–Kier alpha value is -1.68. The number of Topliss-reactive ketones (excluding diaryl/α,β-unsaturated/α-hetero) is 1. The molecule has 0 spiro atoms. The van der Waals surface area contributed by atoms with Crippen molar-refractivity contribution in [2.75, 3.05) is 20.1 Å². The molecule has 1 aromatic carbocycles. The number of likely N-dealkylation sites (N-methyl/N-ethyl adjacent to an activating group) is 1. The highest BCUT2D eigenvalue weighted by molar-refractivity contribution is 5.77. The number of hydrogen-bond acceptors (Lipinski definition) is 3. The van der Waals surface area contributed by atoms with Gasteiger partial charge in [-0.25, -0.2) is 4.98 Å². The highest BCUT2D eigenvalue weighted by Crippen LogP contribution is 2.14. The molecule has 1 N–H and O–H groups in total. The van der Waals surface area contributed by atoms with Crippen LogP contribution in [0.1, 0.15) is 18.3 Å². The fourth-order valence-electron chi connectivity index (χ4n) is 2.12. The Labute approximate surface area is 107 Å². The molecule has 4 nitrogen and oxygen atoms in total. The second kappa shape index (κ2) is 5.31. The van der Waals surface area contributed by atoms with Gasteiger partial charge < -0.3 is 4.98 Å². The lowest BCUT2D eigenvalue weighted by Crippen LogP contribution is -2.26. The lowest BCUT2D eigenvalue weighted by atomic mass is 10.1. The summed E-state index contributed by atoms with van der Waals surface area (Å²) in [5, 5.41) is 0. The topological polar surface area (TPSA) is 49.0 Å². The molecule has 0 aliphatic carbocycles. The zero-order valence-electron chi connectivity index (χ0n) is 11.2. The van der Waals surface area contributed by atoms with Gasteiger partial charge in [-0.05, 0) is 45.0 Å². The lowest BCUT2D eigenvalue weighted by Gasteiger charge is -2.14. The van der Waals surface area contributed by atoms with Crippen LogP contribution in [0.25, 0.3) is 11.0 Å². The Balaban J connectivity index is 2.01. The SMILES string of the molecule is CC(=O)CN(C)CCc1ccc2nc(C)[nH]c2c1. The van der Waals surface area contributed by atoms with Crippen LogP contribution in [0.4, 0.5) is 0 Å². The van der Waals surface area contributed by atoms with E-state index in [2.05, 4.69) is 22.1 Å². The third-order valence-corrected chi connectivity index (χ3v) is 2.94. The summed E-state index contributed by atoms with van der Waals surface area (Å²) in [7, 11) is 1.97. The van der Waals surface area contributed by atoms with Crippen LogP contribution in [-0.2, 0) is 11.2 Å². The summed E-state index contributed by atoms with van der Waals surface area (Å²) in [5.41, 5.74) is 3.36. The van der Waals surface area contributed by atoms with E-state index >= 15 is 0 Å². The van der Waals surface area contributed by atoms with Gasteiger partial charge in [-0.15, -0.1) is 0 Å². The van der Waals surface area contributed by atoms with Gasteiger partial charge in [0.05, 0.1) is 17.6 Å². The molecule has 0 radical (unpaired) electrons. The van der Waals surface area contributed by atoms with Crippen LogP contribution in [0.15, 0.2) is 18.2 Å². The second-order valence-electron chi connectivity index (χ2n) is 4.86. The van der Waals surface area contributed by atoms with E-state index in [0.717, 1.165) is 29.8 Å². The number of aryl methyl sites for hydroxylation is 1. The second-order valence-corrected chi connectivity index (χ2v) is 4.86. The molecule has 96 valence electrons. The minimum atomic E-state index is 0.206. The van der Waals surface area contributed by atoms with Crippen molar-refractivity contribution in [3.63, 3.8) is 0 Å². The molecule has 0 atom stereocenters. The van der Waals surface area contributed by atoms with Crippen LogP contribution in [0.2, 0.25) is 0 Å². The van der Waals surface area contributed by atoms with E-state index < -0.39 is 0 Å². The van der Waals surface area contributed by atoms with Crippen molar-refractivity contribution in [1.82, 2.24) is 14.9 Å². The van der Waals surface area contributed by atoms with E-state index in [0.29, 0.717) is 6.54 Å². The highest BCUT2D eigenvalue weighted by Gasteiger charge is 2.04. The number of nitrogens with one attached hydrogen (secondary N) is 1. The number of imidazole rings is 1. The van der Waals surface area contributed by atoms with Gasteiger partial charge in [-0.1, -0.05) is 6.07 Å². The molecular formula is C14H19N3O. The number of carbonyl (C=O) groups is 1. The van der Waals surface area contributed by atoms with Gasteiger partial charge in [0.2, 0.25) is 0 Å². The monoisotopic (exact) mass is 245 g/mol. The van der Waals surface area contributed by atoms with Crippen LogP contribution < -0.4 is 0 Å². The zero-order valence-corrected chi connectivity index (χ0v) is 11.2. The van der Waals surface area contributed by atoms with Crippen molar-refractivity contribution in [1.29, 1.82) is 0 Å². The Kier molecular flexibility index (Phi) is 3.77. The molecule has 0 aliphatic heterocycles. The first kappa shape index (κ1) is 12.8. The number of H-pyrrole nitrogens is 1. The summed E-state index contributed by atoms with van der Waals surface area (Å²) >= 11 is 0. The van der Waals surface area contributed by atoms with Crippen LogP contribution >= 0.6 is 0 Å². The van der Waals surface area contributed by atoms with Gasteiger partial charge in [0.25, 0.3) is 0 Å². The molecule has 1 aromatic heterocycles. The number of benzene rings is 1. The Morgan fingerprint density at radius 1 is 1.44 bits per heavy atom. The quantitative estimate of drug-likeness (QED) is 0.875. The molecule has 0 saturated heterocycles. The Bertz CT molecular complexity index is 559. The third kappa shape index (κ3) is 3.17. The maximum atomic E-state index is 11.0. The maximum Gasteiger partial charge on any atom is 0.143 e. The maximum absolute atomic E-state index is 11.0. The molecule has 0 unspecified atom stereocenters. The number of carbonyl (C=O) groups excluding carboxylic acids is 1. The molecule has 0 amide bonds. The fourth-order valence-corrected chi connectivity index (χ4v) is 2.12. The Morgan fingerprint density at radius 2 is 2.22 bits per heavy atom. The summed E-state index contributed by atoms with van der Waals surface area (Å²) < 4.78 is 0. The predicted octanol–water partition coefficient (Wildman–Crippen LogP) is 1.93. The largest absolute Gasteiger partial charge is 0.342 e. The first-order valence-electron chi connectivity index (χ1n) is 6.18. The van der Waals surface area contributed by atoms with Crippen molar-refractivity contribution >= 4 is 16.8 Å². The van der Waals surface area contributed by atoms with Crippen molar-refractivity contribution in [3.05, 3.63) is 29.6 Å². The summed E-state index contributed by atoms with van der Waals surface area (Å²) in [5.74, 6) is 1.15. The minimum Gasteiger partial charge on any atom is -0.342 e. The van der Waals surface area contributed by atoms with Crippen LogP contribution in [-0.4, -0.2) is 40.8 Å². The molecule has 18 heavy (non-hydrogen) atoms. The molecule has 2 aromatic rings. The van der Waals surface area contributed by atoms with Crippen molar-refractivity contribution < 1.29 is 4.79 Å². The summed E-state index contributed by atoms with van der Waals surface area (Å²) in [6.07, 6.45) is 0.942. The van der Waals surface area contributed by atoms with Crippen molar-refractivity contribution in [3.8, 4) is 0 Å². The summed E-state index contributed by atoms with van der Waals surface area (Å²) in [6.45, 7) is 4.99. The smallest absolute Gasteiger partial charge is 0.143 e. The van der Waals surface area contributed by atoms with E-state index in [9.17, 15) is 4.79 Å². The molecule has 0 fully saturated rings. The Morgan fingerprint density at radius 3 is 2.94 bits per heavy atom. The predicted molar refractivity (Wildman–Crippen MR) is 72.7 cm³/mol. The van der Waals surface area contributed by atoms with Gasteiger partial charge in [-0.2, -0.15) is 0 Å². The number of fused-ring (bicyclic) bond motifs is 1. The molecule has 1 heterocycles. The van der Waals surface area contributed by atoms with E-state index in [1.165, 1.54) is 5.56 Å². The first-order valence-corrected chi connectivity index (χ1v) is 6.18. The summed E-state index contributed by atoms with van der Waals surface area (Å²) in [4.78, 5) is 20.7. The molecule has 4 heteroatoms. The average molecular weight is 245 g/mol. The van der Waals surface area contributed by atoms with Crippen LogP contribution in [0.5, 0.6) is 0 Å². The number of ketones is 1. The molecule has 2 rings (SSSR count). The summed E-state index contributed by atoms with van der Waals surface area (Å²) in [6, 6.07) is 6.28. The van der Waals surface area contributed by atoms with E-state index in [-0.39, 0.29) is 5.78 Å². The highest BCUT2D eigenvalue weighted by atomic mass is 16.1. The van der Waals surface area contributed by atoms with Crippen molar-refractivity contribution in [2.24, 2.45) is 0 Å². The van der Waals surface area contributed by atoms with Gasteiger partial charge in [0.1, 0.15) is 11.6 Å². The standard InChI is InChI=1S/C14H19N3O/c1-10(18)9-17(3)7-6-12-4-5-13-14(8-12)16-11(2)15-13/h4-5,8H,6-7,9H2,1-3H3,(H,15,16). The molecular weight excluding hydrogens is 226 g/mol. The van der Waals surface area contributed by atoms with E-state index in [1.807, 2.05) is 24.9 Å². The van der Waals surface area contributed by atoms with Gasteiger partial charge in [-0.3, -0.25) is 9.69 Å². The van der Waals surface area contributed by atoms with Crippen LogP contribution in [0.3, 0.4) is 0 Å². The molecule has 0 aliphatic rings. The first-order chi connectivity index (χ1) is 8.54. The molecule has 0 saturated carbocycles. The van der Waals surface area contributed by atoms with Gasteiger partial charge >= 0.3 is 0 Å². The third-order valence-electron chi connectivity index (χ3n) is 2.94.